The zero-order valence-electron chi connectivity index (χ0n) is 27.0. The van der Waals surface area contributed by atoms with Gasteiger partial charge in [-0.15, -0.1) is 10.2 Å². The van der Waals surface area contributed by atoms with Crippen molar-refractivity contribution in [1.82, 2.24) is 35.4 Å². The summed E-state index contributed by atoms with van der Waals surface area (Å²) < 4.78 is 7.43. The zero-order valence-corrected chi connectivity index (χ0v) is 27.0. The number of amides is 2. The maximum absolute atomic E-state index is 13.5. The highest BCUT2D eigenvalue weighted by Crippen LogP contribution is 2.26. The molecule has 6 rings (SSSR count). The monoisotopic (exact) mass is 652 g/mol. The van der Waals surface area contributed by atoms with E-state index in [9.17, 15) is 14.9 Å². The molecular formula is C38H36N8O3. The number of para-hydroxylation sites is 1. The molecule has 11 nitrogen and oxygen atoms in total. The highest BCUT2D eigenvalue weighted by atomic mass is 16.5. The number of aryl methyl sites for hydroxylation is 2. The second-order valence-corrected chi connectivity index (χ2v) is 11.6. The van der Waals surface area contributed by atoms with Gasteiger partial charge in [-0.1, -0.05) is 60.7 Å². The maximum Gasteiger partial charge on any atom is 0.262 e. The summed E-state index contributed by atoms with van der Waals surface area (Å²) in [5, 5.41) is 25.6. The van der Waals surface area contributed by atoms with Crippen LogP contribution in [0.3, 0.4) is 0 Å². The second kappa shape index (κ2) is 15.5. The summed E-state index contributed by atoms with van der Waals surface area (Å²) in [6.07, 6.45) is 6.90. The van der Waals surface area contributed by atoms with Gasteiger partial charge in [-0.05, 0) is 59.5 Å². The van der Waals surface area contributed by atoms with E-state index in [1.165, 1.54) is 11.6 Å². The molecule has 0 aliphatic rings. The Morgan fingerprint density at radius 3 is 2.49 bits per heavy atom. The number of hydrogen-bond acceptors (Lipinski definition) is 6. The third-order valence-electron chi connectivity index (χ3n) is 8.28. The number of benzene rings is 3. The summed E-state index contributed by atoms with van der Waals surface area (Å²) in [6.45, 7) is 0.142. The minimum Gasteiger partial charge on any atom is -0.497 e. The summed E-state index contributed by atoms with van der Waals surface area (Å²) >= 11 is 0. The van der Waals surface area contributed by atoms with Gasteiger partial charge < -0.3 is 29.9 Å². The maximum atomic E-state index is 13.5. The highest BCUT2D eigenvalue weighted by molar-refractivity contribution is 6.02. The van der Waals surface area contributed by atoms with E-state index in [0.29, 0.717) is 30.9 Å². The van der Waals surface area contributed by atoms with E-state index in [2.05, 4.69) is 47.5 Å². The number of hydrogen-bond donors (Lipinski definition) is 4. The van der Waals surface area contributed by atoms with Crippen LogP contribution >= 0.6 is 0 Å². The van der Waals surface area contributed by atoms with Crippen molar-refractivity contribution in [3.63, 3.8) is 0 Å². The first-order chi connectivity index (χ1) is 24.0. The molecule has 4 N–H and O–H groups in total. The molecule has 246 valence electrons. The molecule has 0 aliphatic carbocycles. The summed E-state index contributed by atoms with van der Waals surface area (Å²) in [4.78, 5) is 32.6. The van der Waals surface area contributed by atoms with Crippen molar-refractivity contribution in [2.45, 2.75) is 31.8 Å². The topological polar surface area (TPSA) is 154 Å². The lowest BCUT2D eigenvalue weighted by molar-refractivity contribution is -0.124. The van der Waals surface area contributed by atoms with Crippen LogP contribution in [0.15, 0.2) is 109 Å². The summed E-state index contributed by atoms with van der Waals surface area (Å²) in [5.41, 5.74) is 4.67. The van der Waals surface area contributed by atoms with E-state index in [-0.39, 0.29) is 12.1 Å². The molecule has 1 atom stereocenters. The van der Waals surface area contributed by atoms with Crippen molar-refractivity contribution in [3.05, 3.63) is 143 Å². The Kier molecular flexibility index (Phi) is 10.3. The number of H-pyrrole nitrogens is 2. The number of nitrogens with zero attached hydrogens (tertiary/aromatic N) is 4. The second-order valence-electron chi connectivity index (χ2n) is 11.6. The Bertz CT molecular complexity index is 2090. The fourth-order valence-electron chi connectivity index (χ4n) is 5.75. The molecule has 49 heavy (non-hydrogen) atoms. The van der Waals surface area contributed by atoms with Gasteiger partial charge in [0, 0.05) is 41.8 Å². The molecule has 0 bridgehead atoms. The lowest BCUT2D eigenvalue weighted by atomic mass is 10.0. The van der Waals surface area contributed by atoms with Crippen molar-refractivity contribution in [3.8, 4) is 11.8 Å². The fourth-order valence-corrected chi connectivity index (χ4v) is 5.75. The number of fused-ring (bicyclic) bond motifs is 1. The number of carbonyl (C=O) groups is 2. The van der Waals surface area contributed by atoms with Gasteiger partial charge in [0.05, 0.1) is 26.2 Å². The van der Waals surface area contributed by atoms with Crippen LogP contribution in [0.4, 0.5) is 0 Å². The molecule has 2 amide bonds. The minimum absolute atomic E-state index is 0.118. The molecule has 6 aromatic rings. The van der Waals surface area contributed by atoms with Gasteiger partial charge in [0.2, 0.25) is 5.91 Å². The van der Waals surface area contributed by atoms with Crippen molar-refractivity contribution in [2.24, 2.45) is 0 Å². The third-order valence-corrected chi connectivity index (χ3v) is 8.28. The number of ether oxygens (including phenoxy) is 1. The van der Waals surface area contributed by atoms with Gasteiger partial charge in [-0.3, -0.25) is 9.59 Å². The van der Waals surface area contributed by atoms with E-state index < -0.39 is 17.9 Å². The van der Waals surface area contributed by atoms with Gasteiger partial charge in [0.15, 0.2) is 5.82 Å². The van der Waals surface area contributed by atoms with Crippen molar-refractivity contribution in [1.29, 1.82) is 5.26 Å². The van der Waals surface area contributed by atoms with Crippen molar-refractivity contribution < 1.29 is 14.3 Å². The third kappa shape index (κ3) is 8.12. The number of nitrogens with one attached hydrogen (secondary N) is 4. The van der Waals surface area contributed by atoms with Gasteiger partial charge in [0.25, 0.3) is 5.91 Å². The first-order valence-corrected chi connectivity index (χ1v) is 16.0. The van der Waals surface area contributed by atoms with Gasteiger partial charge in [-0.25, -0.2) is 0 Å². The summed E-state index contributed by atoms with van der Waals surface area (Å²) in [7, 11) is 1.63. The average molecular weight is 653 g/mol. The molecule has 0 saturated carbocycles. The lowest BCUT2D eigenvalue weighted by Crippen LogP contribution is -2.40. The molecule has 3 heterocycles. The van der Waals surface area contributed by atoms with E-state index in [0.717, 1.165) is 40.0 Å². The molecule has 0 aliphatic heterocycles. The number of carbonyl (C=O) groups excluding carboxylic acids is 2. The van der Waals surface area contributed by atoms with Crippen LogP contribution in [0.1, 0.15) is 40.1 Å². The van der Waals surface area contributed by atoms with Gasteiger partial charge >= 0.3 is 0 Å². The molecule has 11 heteroatoms. The van der Waals surface area contributed by atoms with E-state index in [1.807, 2.05) is 79.0 Å². The van der Waals surface area contributed by atoms with Gasteiger partial charge in [0.1, 0.15) is 23.2 Å². The summed E-state index contributed by atoms with van der Waals surface area (Å²) in [6, 6.07) is 30.8. The SMILES string of the molecule is COc1ccc(Cn2c(CCc3ccccc3)nnc2[C@@H](Cc2c[nH]c3ccccc23)NC(=O)CNC(=O)/C(C#N)=C/c2ccc[nH]2)cc1. The van der Waals surface area contributed by atoms with Crippen LogP contribution in [0, 0.1) is 11.3 Å². The smallest absolute Gasteiger partial charge is 0.262 e. The average Bonchev–Trinajstić information content (AvgIpc) is 3.90. The van der Waals surface area contributed by atoms with Crippen LogP contribution in [0.5, 0.6) is 5.75 Å². The molecule has 3 aromatic heterocycles. The standard InChI is InChI=1S/C38H36N8O3/c1-49-31-16-13-27(14-17-31)25-46-35(18-15-26-8-3-2-4-9-26)44-45-37(46)34(21-29-23-41-33-12-6-5-11-32(29)33)43-36(47)24-42-38(48)28(22-39)20-30-10-7-19-40-30/h2-14,16-17,19-20,23,34,40-41H,15,18,21,24-25H2,1H3,(H,42,48)(H,43,47)/b28-20+/t34-/m1/s1. The number of methoxy groups -OCH3 is 1. The van der Waals surface area contributed by atoms with Crippen molar-refractivity contribution in [2.75, 3.05) is 13.7 Å². The number of rotatable bonds is 14. The van der Waals surface area contributed by atoms with E-state index in [1.54, 1.807) is 25.4 Å². The van der Waals surface area contributed by atoms with Crippen LogP contribution in [-0.2, 0) is 35.4 Å². The highest BCUT2D eigenvalue weighted by Gasteiger charge is 2.25. The zero-order chi connectivity index (χ0) is 34.0. The van der Waals surface area contributed by atoms with Gasteiger partial charge in [-0.2, -0.15) is 5.26 Å². The quantitative estimate of drug-likeness (QED) is 0.0954. The van der Waals surface area contributed by atoms with E-state index >= 15 is 0 Å². The molecule has 0 saturated heterocycles. The number of aromatic amines is 2. The van der Waals surface area contributed by atoms with E-state index in [4.69, 9.17) is 4.74 Å². The Labute approximate surface area is 283 Å². The number of aromatic nitrogens is 5. The molecule has 0 fully saturated rings. The van der Waals surface area contributed by atoms with Crippen LogP contribution < -0.4 is 15.4 Å². The molecule has 0 unspecified atom stereocenters. The molecule has 0 spiro atoms. The van der Waals surface area contributed by atoms with Crippen molar-refractivity contribution >= 4 is 28.8 Å². The fraction of sp³-hybridized carbons (Fsp3) is 0.184. The Balaban J connectivity index is 1.29. The first-order valence-electron chi connectivity index (χ1n) is 16.0. The van der Waals surface area contributed by atoms with Crippen LogP contribution in [-0.4, -0.2) is 50.2 Å². The molecular weight excluding hydrogens is 616 g/mol. The Hall–Kier alpha value is -6.41. The predicted molar refractivity (Wildman–Crippen MR) is 186 cm³/mol. The number of nitriles is 1. The normalized spacial score (nSPS) is 12.0. The van der Waals surface area contributed by atoms with Crippen LogP contribution in [0.2, 0.25) is 0 Å². The largest absolute Gasteiger partial charge is 0.497 e. The lowest BCUT2D eigenvalue weighted by Gasteiger charge is -2.20. The Morgan fingerprint density at radius 1 is 0.939 bits per heavy atom. The van der Waals surface area contributed by atoms with Crippen LogP contribution in [0.25, 0.3) is 17.0 Å². The minimum atomic E-state index is -0.647. The molecule has 3 aromatic carbocycles. The predicted octanol–water partition coefficient (Wildman–Crippen LogP) is 5.05. The Morgan fingerprint density at radius 2 is 1.73 bits per heavy atom. The first kappa shape index (κ1) is 32.5. The molecule has 0 radical (unpaired) electrons. The summed E-state index contributed by atoms with van der Waals surface area (Å²) in [5.74, 6) is 1.06.